The summed E-state index contributed by atoms with van der Waals surface area (Å²) in [4.78, 5) is 51.7. The number of piperidine rings is 1. The number of carboxylic acid groups (broad SMARTS) is 2. The number of amides is 2. The smallest absolute Gasteiger partial charge is 0.311 e. The van der Waals surface area contributed by atoms with E-state index in [-0.39, 0.29) is 32.7 Å². The molecule has 4 rings (SSSR count). The molecule has 2 aromatic carbocycles. The molecule has 2 aliphatic rings. The first kappa shape index (κ1) is 26.8. The Morgan fingerprint density at radius 1 is 1.05 bits per heavy atom. The van der Waals surface area contributed by atoms with Crippen molar-refractivity contribution < 1.29 is 34.1 Å². The van der Waals surface area contributed by atoms with Crippen LogP contribution in [0, 0.1) is 10.8 Å². The highest BCUT2D eigenvalue weighted by Crippen LogP contribution is 2.56. The van der Waals surface area contributed by atoms with Gasteiger partial charge >= 0.3 is 11.9 Å². The van der Waals surface area contributed by atoms with Crippen LogP contribution in [-0.2, 0) is 14.3 Å². The van der Waals surface area contributed by atoms with Crippen molar-refractivity contribution in [3.05, 3.63) is 70.2 Å². The molecule has 0 bridgehead atoms. The Morgan fingerprint density at radius 2 is 1.65 bits per heavy atom. The second-order valence-electron chi connectivity index (χ2n) is 9.69. The lowest BCUT2D eigenvalue weighted by molar-refractivity contribution is -0.170. The van der Waals surface area contributed by atoms with Crippen LogP contribution >= 0.6 is 11.6 Å². The highest BCUT2D eigenvalue weighted by atomic mass is 35.5. The molecule has 4 atom stereocenters. The minimum absolute atomic E-state index is 0.000311. The van der Waals surface area contributed by atoms with E-state index in [1.165, 1.54) is 6.92 Å². The van der Waals surface area contributed by atoms with E-state index in [0.29, 0.717) is 21.7 Å². The molecule has 0 spiro atoms. The average molecular weight is 529 g/mol. The summed E-state index contributed by atoms with van der Waals surface area (Å²) in [5, 5.41) is 24.2. The van der Waals surface area contributed by atoms with Gasteiger partial charge in [0, 0.05) is 23.5 Å². The SMILES string of the molecule is CC[C@@]1(C(=O)O)[C@@H](c2ccccc2Cl)[C@](C)(C(=O)O)CN[C@@H]1COCCN1C(=O)c2ccccc2C1=O. The molecule has 2 heterocycles. The van der Waals surface area contributed by atoms with Crippen molar-refractivity contribution in [2.45, 2.75) is 32.2 Å². The molecular weight excluding hydrogens is 500 g/mol. The number of rotatable bonds is 9. The van der Waals surface area contributed by atoms with Crippen LogP contribution < -0.4 is 5.32 Å². The molecular formula is C27H29ClN2O7. The number of carboxylic acids is 2. The van der Waals surface area contributed by atoms with Crippen molar-refractivity contribution in [1.29, 1.82) is 0 Å². The summed E-state index contributed by atoms with van der Waals surface area (Å²) < 4.78 is 5.83. The number of ether oxygens (including phenoxy) is 1. The van der Waals surface area contributed by atoms with Crippen molar-refractivity contribution in [2.24, 2.45) is 10.8 Å². The molecule has 1 saturated heterocycles. The van der Waals surface area contributed by atoms with E-state index in [2.05, 4.69) is 5.32 Å². The van der Waals surface area contributed by atoms with Gasteiger partial charge in [-0.15, -0.1) is 0 Å². The average Bonchev–Trinajstić information content (AvgIpc) is 3.12. The fourth-order valence-corrected chi connectivity index (χ4v) is 6.04. The number of fused-ring (bicyclic) bond motifs is 1. The number of carbonyl (C=O) groups is 4. The van der Waals surface area contributed by atoms with Crippen LogP contribution in [0.2, 0.25) is 5.02 Å². The number of hydrogen-bond acceptors (Lipinski definition) is 6. The van der Waals surface area contributed by atoms with Crippen LogP contribution in [-0.4, -0.2) is 71.2 Å². The topological polar surface area (TPSA) is 133 Å². The molecule has 0 aromatic heterocycles. The number of nitrogens with one attached hydrogen (secondary N) is 1. The number of carbonyl (C=O) groups excluding carboxylic acids is 2. The van der Waals surface area contributed by atoms with Crippen LogP contribution in [0.3, 0.4) is 0 Å². The maximum atomic E-state index is 12.9. The number of benzene rings is 2. The quantitative estimate of drug-likeness (QED) is 0.333. The maximum Gasteiger partial charge on any atom is 0.311 e. The molecule has 0 saturated carbocycles. The van der Waals surface area contributed by atoms with E-state index in [1.807, 2.05) is 0 Å². The van der Waals surface area contributed by atoms with Crippen molar-refractivity contribution in [2.75, 3.05) is 26.3 Å². The monoisotopic (exact) mass is 528 g/mol. The number of aliphatic carboxylic acids is 2. The van der Waals surface area contributed by atoms with Crippen molar-refractivity contribution in [3.8, 4) is 0 Å². The van der Waals surface area contributed by atoms with E-state index in [4.69, 9.17) is 16.3 Å². The van der Waals surface area contributed by atoms with Crippen LogP contribution in [0.15, 0.2) is 48.5 Å². The predicted octanol–water partition coefficient (Wildman–Crippen LogP) is 3.28. The first-order valence-corrected chi connectivity index (χ1v) is 12.4. The zero-order valence-corrected chi connectivity index (χ0v) is 21.3. The van der Waals surface area contributed by atoms with Gasteiger partial charge in [0.15, 0.2) is 0 Å². The molecule has 37 heavy (non-hydrogen) atoms. The van der Waals surface area contributed by atoms with E-state index in [9.17, 15) is 29.4 Å². The van der Waals surface area contributed by atoms with Crippen LogP contribution in [0.1, 0.15) is 52.5 Å². The molecule has 196 valence electrons. The molecule has 0 aliphatic carbocycles. The third-order valence-electron chi connectivity index (χ3n) is 7.80. The number of imide groups is 1. The molecule has 0 radical (unpaired) electrons. The van der Waals surface area contributed by atoms with Gasteiger partial charge < -0.3 is 20.3 Å². The number of halogens is 1. The van der Waals surface area contributed by atoms with E-state index in [0.717, 1.165) is 4.90 Å². The third kappa shape index (κ3) is 4.31. The summed E-state index contributed by atoms with van der Waals surface area (Å²) >= 11 is 6.48. The van der Waals surface area contributed by atoms with Gasteiger partial charge in [-0.3, -0.25) is 24.1 Å². The van der Waals surface area contributed by atoms with Gasteiger partial charge in [-0.05, 0) is 37.1 Å². The summed E-state index contributed by atoms with van der Waals surface area (Å²) in [6.45, 7) is 3.17. The summed E-state index contributed by atoms with van der Waals surface area (Å²) in [7, 11) is 0. The predicted molar refractivity (Wildman–Crippen MR) is 135 cm³/mol. The van der Waals surface area contributed by atoms with Gasteiger partial charge in [-0.25, -0.2) is 0 Å². The first-order chi connectivity index (χ1) is 17.6. The highest BCUT2D eigenvalue weighted by Gasteiger charge is 2.63. The summed E-state index contributed by atoms with van der Waals surface area (Å²) in [6.07, 6.45) is 0.112. The lowest BCUT2D eigenvalue weighted by Gasteiger charge is -2.53. The Labute approximate surface area is 219 Å². The Morgan fingerprint density at radius 3 is 2.19 bits per heavy atom. The standard InChI is InChI=1S/C27H29ClN2O7/c1-3-27(25(35)36)20(14-37-13-12-30-22(31)16-8-4-5-9-17(16)23(30)32)29-15-26(2,24(33)34)21(27)18-10-6-7-11-19(18)28/h4-11,20-21,29H,3,12-15H2,1-2H3,(H,33,34)(H,35,36)/t20-,21+,26-,27+/m1/s1. The lowest BCUT2D eigenvalue weighted by atomic mass is 9.53. The Bertz CT molecular complexity index is 1220. The van der Waals surface area contributed by atoms with Crippen molar-refractivity contribution >= 4 is 35.4 Å². The molecule has 2 aliphatic heterocycles. The molecule has 2 amide bonds. The van der Waals surface area contributed by atoms with Gasteiger partial charge in [0.1, 0.15) is 0 Å². The number of nitrogens with zero attached hydrogens (tertiary/aromatic N) is 1. The molecule has 9 nitrogen and oxygen atoms in total. The molecule has 0 unspecified atom stereocenters. The third-order valence-corrected chi connectivity index (χ3v) is 8.14. The van der Waals surface area contributed by atoms with Crippen molar-refractivity contribution in [3.63, 3.8) is 0 Å². The normalized spacial score (nSPS) is 27.3. The largest absolute Gasteiger partial charge is 0.481 e. The maximum absolute atomic E-state index is 12.9. The summed E-state index contributed by atoms with van der Waals surface area (Å²) in [5.41, 5.74) is -1.89. The van der Waals surface area contributed by atoms with Crippen LogP contribution in [0.25, 0.3) is 0 Å². The first-order valence-electron chi connectivity index (χ1n) is 12.1. The Balaban J connectivity index is 1.57. The lowest BCUT2D eigenvalue weighted by Crippen LogP contribution is -2.67. The van der Waals surface area contributed by atoms with Crippen LogP contribution in [0.5, 0.6) is 0 Å². The van der Waals surface area contributed by atoms with Gasteiger partial charge in [0.2, 0.25) is 0 Å². The summed E-state index contributed by atoms with van der Waals surface area (Å²) in [6, 6.07) is 12.5. The highest BCUT2D eigenvalue weighted by molar-refractivity contribution is 6.31. The fourth-order valence-electron chi connectivity index (χ4n) is 5.80. The van der Waals surface area contributed by atoms with Gasteiger partial charge in [0.25, 0.3) is 11.8 Å². The zero-order chi connectivity index (χ0) is 27.0. The fraction of sp³-hybridized carbons (Fsp3) is 0.407. The van der Waals surface area contributed by atoms with Gasteiger partial charge in [0.05, 0.1) is 41.7 Å². The molecule has 2 aromatic rings. The van der Waals surface area contributed by atoms with E-state index >= 15 is 0 Å². The van der Waals surface area contributed by atoms with Gasteiger partial charge in [-0.2, -0.15) is 0 Å². The Kier molecular flexibility index (Phi) is 7.41. The summed E-state index contributed by atoms with van der Waals surface area (Å²) in [5.74, 6) is -4.05. The minimum atomic E-state index is -1.56. The number of hydrogen-bond donors (Lipinski definition) is 3. The second-order valence-corrected chi connectivity index (χ2v) is 10.1. The molecule has 1 fully saturated rings. The van der Waals surface area contributed by atoms with E-state index < -0.39 is 46.5 Å². The van der Waals surface area contributed by atoms with Gasteiger partial charge in [-0.1, -0.05) is 48.9 Å². The Hall–Kier alpha value is -3.27. The molecule has 3 N–H and O–H groups in total. The van der Waals surface area contributed by atoms with E-state index in [1.54, 1.807) is 55.5 Å². The minimum Gasteiger partial charge on any atom is -0.481 e. The zero-order valence-electron chi connectivity index (χ0n) is 20.6. The van der Waals surface area contributed by atoms with Crippen molar-refractivity contribution in [1.82, 2.24) is 10.2 Å². The second kappa shape index (κ2) is 10.2. The van der Waals surface area contributed by atoms with Crippen LogP contribution in [0.4, 0.5) is 0 Å². The molecule has 10 heteroatoms.